The van der Waals surface area contributed by atoms with Gasteiger partial charge in [-0.1, -0.05) is 20.8 Å². The Labute approximate surface area is 112 Å². The third-order valence-electron chi connectivity index (χ3n) is 4.03. The number of carbonyl (C=O) groups excluding carboxylic acids is 1. The number of amides is 1. The quantitative estimate of drug-likeness (QED) is 0.661. The Balaban J connectivity index is 4.69. The van der Waals surface area contributed by atoms with E-state index in [-0.39, 0.29) is 5.91 Å². The zero-order chi connectivity index (χ0) is 14.3. The first-order chi connectivity index (χ1) is 8.32. The largest absolute Gasteiger partial charge is 0.368 e. The molecule has 2 atom stereocenters. The van der Waals surface area contributed by atoms with Crippen molar-refractivity contribution >= 4 is 5.91 Å². The number of nitrogens with zero attached hydrogens (tertiary/aromatic N) is 1. The minimum Gasteiger partial charge on any atom is -0.368 e. The first-order valence-corrected chi connectivity index (χ1v) is 7.09. The zero-order valence-corrected chi connectivity index (χ0v) is 12.9. The normalized spacial score (nSPS) is 16.9. The molecule has 1 amide bonds. The van der Waals surface area contributed by atoms with Gasteiger partial charge >= 0.3 is 0 Å². The van der Waals surface area contributed by atoms with Gasteiger partial charge in [-0.3, -0.25) is 4.79 Å². The molecule has 0 bridgehead atoms. The van der Waals surface area contributed by atoms with Gasteiger partial charge in [0.1, 0.15) is 0 Å². The van der Waals surface area contributed by atoms with E-state index < -0.39 is 5.54 Å². The van der Waals surface area contributed by atoms with Crippen LogP contribution in [0, 0.1) is 0 Å². The highest BCUT2D eigenvalue weighted by molar-refractivity contribution is 5.84. The van der Waals surface area contributed by atoms with E-state index in [2.05, 4.69) is 38.0 Å². The Kier molecular flexibility index (Phi) is 7.48. The Hall–Kier alpha value is -0.610. The number of primary amides is 1. The van der Waals surface area contributed by atoms with Gasteiger partial charge in [-0.15, -0.1) is 0 Å². The van der Waals surface area contributed by atoms with Gasteiger partial charge in [-0.2, -0.15) is 0 Å². The summed E-state index contributed by atoms with van der Waals surface area (Å²) in [4.78, 5) is 14.0. The lowest BCUT2D eigenvalue weighted by atomic mass is 9.91. The van der Waals surface area contributed by atoms with Gasteiger partial charge in [0, 0.05) is 12.1 Å². The van der Waals surface area contributed by atoms with Gasteiger partial charge in [0.15, 0.2) is 0 Å². The summed E-state index contributed by atoms with van der Waals surface area (Å²) in [6.07, 6.45) is 3.00. The Morgan fingerprint density at radius 1 is 1.33 bits per heavy atom. The maximum Gasteiger partial charge on any atom is 0.237 e. The molecule has 0 rings (SSSR count). The standard InChI is InChI=1S/C14H31N3O/c1-7-12(8-2)17(6)11(4)10-14(5,13(15)18)16-9-3/h11-12,16H,7-10H2,1-6H3,(H2,15,18). The van der Waals surface area contributed by atoms with Crippen LogP contribution in [0.1, 0.15) is 53.9 Å². The first kappa shape index (κ1) is 17.4. The number of nitrogens with two attached hydrogens (primary N) is 1. The van der Waals surface area contributed by atoms with Crippen LogP contribution in [0.2, 0.25) is 0 Å². The smallest absolute Gasteiger partial charge is 0.237 e. The highest BCUT2D eigenvalue weighted by Crippen LogP contribution is 2.19. The molecule has 0 spiro atoms. The molecule has 4 heteroatoms. The predicted molar refractivity (Wildman–Crippen MR) is 77.5 cm³/mol. The summed E-state index contributed by atoms with van der Waals surface area (Å²) in [5.74, 6) is -0.269. The average molecular weight is 257 g/mol. The van der Waals surface area contributed by atoms with E-state index in [1.54, 1.807) is 0 Å². The van der Waals surface area contributed by atoms with Crippen LogP contribution in [0.25, 0.3) is 0 Å². The van der Waals surface area contributed by atoms with Crippen LogP contribution in [0.15, 0.2) is 0 Å². The van der Waals surface area contributed by atoms with Crippen molar-refractivity contribution in [3.63, 3.8) is 0 Å². The molecule has 0 saturated heterocycles. The monoisotopic (exact) mass is 257 g/mol. The molecule has 2 unspecified atom stereocenters. The molecule has 0 aliphatic heterocycles. The molecule has 3 N–H and O–H groups in total. The molecule has 0 fully saturated rings. The summed E-state index contributed by atoms with van der Waals surface area (Å²) >= 11 is 0. The van der Waals surface area contributed by atoms with Crippen molar-refractivity contribution in [2.75, 3.05) is 13.6 Å². The average Bonchev–Trinajstić information content (AvgIpc) is 2.30. The molecule has 18 heavy (non-hydrogen) atoms. The molecule has 0 aromatic rings. The van der Waals surface area contributed by atoms with Crippen LogP contribution < -0.4 is 11.1 Å². The number of carbonyl (C=O) groups is 1. The topological polar surface area (TPSA) is 58.4 Å². The molecular formula is C14H31N3O. The van der Waals surface area contributed by atoms with Gasteiger partial charge in [-0.05, 0) is 46.7 Å². The van der Waals surface area contributed by atoms with Gasteiger partial charge in [-0.25, -0.2) is 0 Å². The lowest BCUT2D eigenvalue weighted by Crippen LogP contribution is -2.56. The number of rotatable bonds is 9. The van der Waals surface area contributed by atoms with Gasteiger partial charge in [0.2, 0.25) is 5.91 Å². The highest BCUT2D eigenvalue weighted by Gasteiger charge is 2.33. The van der Waals surface area contributed by atoms with Gasteiger partial charge in [0.05, 0.1) is 5.54 Å². The van der Waals surface area contributed by atoms with Crippen molar-refractivity contribution in [1.82, 2.24) is 10.2 Å². The van der Waals surface area contributed by atoms with Crippen molar-refractivity contribution < 1.29 is 4.79 Å². The van der Waals surface area contributed by atoms with Gasteiger partial charge in [0.25, 0.3) is 0 Å². The van der Waals surface area contributed by atoms with E-state index in [4.69, 9.17) is 5.73 Å². The predicted octanol–water partition coefficient (Wildman–Crippen LogP) is 1.74. The van der Waals surface area contributed by atoms with Crippen LogP contribution in [0.4, 0.5) is 0 Å². The lowest BCUT2D eigenvalue weighted by molar-refractivity contribution is -0.124. The molecule has 0 heterocycles. The van der Waals surface area contributed by atoms with E-state index in [1.807, 2.05) is 13.8 Å². The fraction of sp³-hybridized carbons (Fsp3) is 0.929. The number of hydrogen-bond donors (Lipinski definition) is 2. The summed E-state index contributed by atoms with van der Waals surface area (Å²) in [6, 6.07) is 0.894. The fourth-order valence-corrected chi connectivity index (χ4v) is 2.61. The summed E-state index contributed by atoms with van der Waals surface area (Å²) in [7, 11) is 2.13. The van der Waals surface area contributed by atoms with Crippen LogP contribution in [0.5, 0.6) is 0 Å². The van der Waals surface area contributed by atoms with Crippen LogP contribution in [-0.4, -0.2) is 42.0 Å². The summed E-state index contributed by atoms with van der Waals surface area (Å²) in [6.45, 7) is 11.2. The first-order valence-electron chi connectivity index (χ1n) is 7.09. The third-order valence-corrected chi connectivity index (χ3v) is 4.03. The Morgan fingerprint density at radius 3 is 2.17 bits per heavy atom. The number of likely N-dealkylation sites (N-methyl/N-ethyl adjacent to an activating group) is 1. The van der Waals surface area contributed by atoms with Crippen LogP contribution in [-0.2, 0) is 4.79 Å². The number of hydrogen-bond acceptors (Lipinski definition) is 3. The minimum absolute atomic E-state index is 0.269. The molecule has 108 valence electrons. The van der Waals surface area contributed by atoms with Crippen molar-refractivity contribution in [2.24, 2.45) is 5.73 Å². The van der Waals surface area contributed by atoms with Crippen LogP contribution >= 0.6 is 0 Å². The maximum atomic E-state index is 11.6. The van der Waals surface area contributed by atoms with Gasteiger partial charge < -0.3 is 16.0 Å². The minimum atomic E-state index is -0.617. The Morgan fingerprint density at radius 2 is 1.83 bits per heavy atom. The van der Waals surface area contributed by atoms with E-state index in [0.717, 1.165) is 25.8 Å². The van der Waals surface area contributed by atoms with E-state index in [1.165, 1.54) is 0 Å². The second kappa shape index (κ2) is 7.74. The van der Waals surface area contributed by atoms with Crippen LogP contribution in [0.3, 0.4) is 0 Å². The SMILES string of the molecule is CCNC(C)(CC(C)N(C)C(CC)CC)C(N)=O. The summed E-state index contributed by atoms with van der Waals surface area (Å²) in [5, 5.41) is 3.22. The number of nitrogens with one attached hydrogen (secondary N) is 1. The molecule has 0 aromatic heterocycles. The third kappa shape index (κ3) is 4.58. The summed E-state index contributed by atoms with van der Waals surface area (Å²) < 4.78 is 0. The van der Waals surface area contributed by atoms with Crippen molar-refractivity contribution in [1.29, 1.82) is 0 Å². The second-order valence-electron chi connectivity index (χ2n) is 5.42. The van der Waals surface area contributed by atoms with Crippen molar-refractivity contribution in [3.05, 3.63) is 0 Å². The maximum absolute atomic E-state index is 11.6. The molecule has 0 radical (unpaired) electrons. The summed E-state index contributed by atoms with van der Waals surface area (Å²) in [5.41, 5.74) is 4.91. The zero-order valence-electron chi connectivity index (χ0n) is 12.9. The molecule has 0 aliphatic rings. The molecular weight excluding hydrogens is 226 g/mol. The van der Waals surface area contributed by atoms with E-state index in [0.29, 0.717) is 12.1 Å². The Bertz CT molecular complexity index is 253. The molecule has 0 aromatic carbocycles. The highest BCUT2D eigenvalue weighted by atomic mass is 16.1. The fourth-order valence-electron chi connectivity index (χ4n) is 2.61. The second-order valence-corrected chi connectivity index (χ2v) is 5.42. The lowest BCUT2D eigenvalue weighted by Gasteiger charge is -2.37. The van der Waals surface area contributed by atoms with E-state index in [9.17, 15) is 4.79 Å². The molecule has 0 saturated carbocycles. The molecule has 4 nitrogen and oxygen atoms in total. The van der Waals surface area contributed by atoms with Crippen molar-refractivity contribution in [3.8, 4) is 0 Å². The van der Waals surface area contributed by atoms with Crippen molar-refractivity contribution in [2.45, 2.75) is 71.5 Å². The van der Waals surface area contributed by atoms with E-state index >= 15 is 0 Å². The molecule has 0 aliphatic carbocycles.